The molecule has 1 aromatic heterocycles. The number of pyridine rings is 1. The van der Waals surface area contributed by atoms with Gasteiger partial charge in [-0.1, -0.05) is 11.8 Å². The molecule has 7 heteroatoms. The first-order valence-electron chi connectivity index (χ1n) is 7.51. The maximum atomic E-state index is 12.2. The number of anilines is 1. The minimum Gasteiger partial charge on any atom is -0.497 e. The monoisotopic (exact) mass is 357 g/mol. The Bertz CT molecular complexity index is 831. The molecule has 130 valence electrons. The second-order valence-electron chi connectivity index (χ2n) is 5.28. The summed E-state index contributed by atoms with van der Waals surface area (Å²) in [5.74, 6) is 1.08. The highest BCUT2D eigenvalue weighted by atomic mass is 32.2. The summed E-state index contributed by atoms with van der Waals surface area (Å²) in [6.07, 6.45) is 0. The Morgan fingerprint density at radius 2 is 2.04 bits per heavy atom. The van der Waals surface area contributed by atoms with E-state index in [4.69, 9.17) is 9.47 Å². The number of benzene rings is 1. The average Bonchev–Trinajstić information content (AvgIpc) is 2.59. The third-order valence-corrected chi connectivity index (χ3v) is 4.42. The maximum Gasteiger partial charge on any atom is 0.234 e. The molecule has 2 rings (SSSR count). The van der Waals surface area contributed by atoms with E-state index in [0.29, 0.717) is 27.8 Å². The van der Waals surface area contributed by atoms with E-state index in [1.54, 1.807) is 25.3 Å². The van der Waals surface area contributed by atoms with Crippen LogP contribution in [-0.4, -0.2) is 30.9 Å². The molecule has 1 amide bonds. The van der Waals surface area contributed by atoms with Crippen molar-refractivity contribution < 1.29 is 14.3 Å². The topological polar surface area (TPSA) is 84.2 Å². The van der Waals surface area contributed by atoms with Crippen molar-refractivity contribution in [3.63, 3.8) is 0 Å². The molecule has 0 unspecified atom stereocenters. The van der Waals surface area contributed by atoms with E-state index in [1.165, 1.54) is 18.9 Å². The third kappa shape index (κ3) is 4.64. The van der Waals surface area contributed by atoms with Gasteiger partial charge in [-0.3, -0.25) is 4.79 Å². The number of carbonyl (C=O) groups is 1. The summed E-state index contributed by atoms with van der Waals surface area (Å²) < 4.78 is 10.4. The van der Waals surface area contributed by atoms with Gasteiger partial charge in [-0.15, -0.1) is 0 Å². The van der Waals surface area contributed by atoms with Crippen molar-refractivity contribution in [2.45, 2.75) is 18.9 Å². The third-order valence-electron chi connectivity index (χ3n) is 3.45. The molecule has 0 fully saturated rings. The molecule has 0 aliphatic carbocycles. The lowest BCUT2D eigenvalue weighted by molar-refractivity contribution is -0.113. The van der Waals surface area contributed by atoms with Gasteiger partial charge in [-0.25, -0.2) is 4.98 Å². The number of hydrogen-bond donors (Lipinski definition) is 1. The molecule has 0 bridgehead atoms. The summed E-state index contributed by atoms with van der Waals surface area (Å²) >= 11 is 1.24. The molecule has 0 aliphatic heterocycles. The van der Waals surface area contributed by atoms with Crippen molar-refractivity contribution in [3.8, 4) is 17.6 Å². The first-order valence-corrected chi connectivity index (χ1v) is 8.50. The summed E-state index contributed by atoms with van der Waals surface area (Å²) in [6.45, 7) is 3.72. The Hall–Kier alpha value is -2.72. The number of aryl methyl sites for hydroxylation is 2. The van der Waals surface area contributed by atoms with Crippen LogP contribution in [0.25, 0.3) is 0 Å². The fourth-order valence-corrected chi connectivity index (χ4v) is 3.16. The predicted molar refractivity (Wildman–Crippen MR) is 97.3 cm³/mol. The van der Waals surface area contributed by atoms with Crippen molar-refractivity contribution in [2.75, 3.05) is 25.3 Å². The minimum absolute atomic E-state index is 0.139. The Morgan fingerprint density at radius 3 is 2.68 bits per heavy atom. The van der Waals surface area contributed by atoms with Crippen LogP contribution in [0.5, 0.6) is 11.5 Å². The van der Waals surface area contributed by atoms with Crippen LogP contribution in [0.3, 0.4) is 0 Å². The van der Waals surface area contributed by atoms with Gasteiger partial charge in [0.05, 0.1) is 31.2 Å². The Morgan fingerprint density at radius 1 is 1.28 bits per heavy atom. The van der Waals surface area contributed by atoms with Gasteiger partial charge in [0.1, 0.15) is 22.6 Å². The normalized spacial score (nSPS) is 10.0. The van der Waals surface area contributed by atoms with Gasteiger partial charge in [-0.05, 0) is 37.6 Å². The number of amides is 1. The van der Waals surface area contributed by atoms with Crippen LogP contribution in [0.4, 0.5) is 5.69 Å². The fourth-order valence-electron chi connectivity index (χ4n) is 2.26. The lowest BCUT2D eigenvalue weighted by Crippen LogP contribution is -2.15. The molecule has 2 aromatic rings. The number of aromatic nitrogens is 1. The maximum absolute atomic E-state index is 12.2. The molecule has 0 spiro atoms. The molecule has 1 aromatic carbocycles. The number of nitrogens with zero attached hydrogens (tertiary/aromatic N) is 2. The smallest absolute Gasteiger partial charge is 0.234 e. The van der Waals surface area contributed by atoms with E-state index in [2.05, 4.69) is 16.4 Å². The van der Waals surface area contributed by atoms with Gasteiger partial charge >= 0.3 is 0 Å². The number of methoxy groups -OCH3 is 2. The zero-order valence-electron chi connectivity index (χ0n) is 14.5. The SMILES string of the molecule is COc1ccc(NC(=O)CSc2nc(C)cc(C)c2C#N)c(OC)c1. The number of rotatable bonds is 6. The van der Waals surface area contributed by atoms with Crippen LogP contribution in [0.1, 0.15) is 16.8 Å². The average molecular weight is 357 g/mol. The largest absolute Gasteiger partial charge is 0.497 e. The van der Waals surface area contributed by atoms with Gasteiger partial charge in [-0.2, -0.15) is 5.26 Å². The number of thioether (sulfide) groups is 1. The number of ether oxygens (including phenoxy) is 2. The highest BCUT2D eigenvalue weighted by Gasteiger charge is 2.13. The van der Waals surface area contributed by atoms with E-state index in [1.807, 2.05) is 19.9 Å². The van der Waals surface area contributed by atoms with Gasteiger partial charge in [0.2, 0.25) is 5.91 Å². The van der Waals surface area contributed by atoms with E-state index in [0.717, 1.165) is 11.3 Å². The molecule has 0 atom stereocenters. The number of nitriles is 1. The summed E-state index contributed by atoms with van der Waals surface area (Å²) in [7, 11) is 3.09. The van der Waals surface area contributed by atoms with Gasteiger partial charge in [0.25, 0.3) is 0 Å². The molecule has 1 N–H and O–H groups in total. The lowest BCUT2D eigenvalue weighted by Gasteiger charge is -2.12. The Kier molecular flexibility index (Phi) is 6.25. The van der Waals surface area contributed by atoms with Gasteiger partial charge in [0.15, 0.2) is 0 Å². The first-order chi connectivity index (χ1) is 12.0. The molecular weight excluding hydrogens is 338 g/mol. The molecule has 0 radical (unpaired) electrons. The zero-order valence-corrected chi connectivity index (χ0v) is 15.4. The van der Waals surface area contributed by atoms with Crippen molar-refractivity contribution in [1.82, 2.24) is 4.98 Å². The molecule has 1 heterocycles. The summed E-state index contributed by atoms with van der Waals surface area (Å²) in [6, 6.07) is 9.15. The minimum atomic E-state index is -0.210. The van der Waals surface area contributed by atoms with Crippen molar-refractivity contribution in [3.05, 3.63) is 41.1 Å². The predicted octanol–water partition coefficient (Wildman–Crippen LogP) is 3.32. The van der Waals surface area contributed by atoms with E-state index >= 15 is 0 Å². The Labute approximate surface area is 151 Å². The summed E-state index contributed by atoms with van der Waals surface area (Å²) in [5, 5.41) is 12.6. The Balaban J connectivity index is 2.09. The second kappa shape index (κ2) is 8.40. The molecule has 0 saturated heterocycles. The standard InChI is InChI=1S/C18H19N3O3S/c1-11-7-12(2)20-18(14(11)9-19)25-10-17(22)21-15-6-5-13(23-3)8-16(15)24-4/h5-8H,10H2,1-4H3,(H,21,22). The zero-order chi connectivity index (χ0) is 18.4. The molecular formula is C18H19N3O3S. The van der Waals surface area contributed by atoms with Crippen LogP contribution >= 0.6 is 11.8 Å². The quantitative estimate of drug-likeness (QED) is 0.799. The van der Waals surface area contributed by atoms with Gasteiger partial charge < -0.3 is 14.8 Å². The summed E-state index contributed by atoms with van der Waals surface area (Å²) in [4.78, 5) is 16.6. The van der Waals surface area contributed by atoms with E-state index in [9.17, 15) is 10.1 Å². The molecule has 0 saturated carbocycles. The lowest BCUT2D eigenvalue weighted by atomic mass is 10.1. The number of carbonyl (C=O) groups excluding carboxylic acids is 1. The number of nitrogens with one attached hydrogen (secondary N) is 1. The van der Waals surface area contributed by atoms with Crippen molar-refractivity contribution in [2.24, 2.45) is 0 Å². The van der Waals surface area contributed by atoms with Crippen LogP contribution in [0.2, 0.25) is 0 Å². The van der Waals surface area contributed by atoms with Crippen LogP contribution in [0, 0.1) is 25.2 Å². The van der Waals surface area contributed by atoms with Crippen molar-refractivity contribution in [1.29, 1.82) is 5.26 Å². The summed E-state index contributed by atoms with van der Waals surface area (Å²) in [5.41, 5.74) is 2.74. The highest BCUT2D eigenvalue weighted by molar-refractivity contribution is 8.00. The van der Waals surface area contributed by atoms with E-state index < -0.39 is 0 Å². The second-order valence-corrected chi connectivity index (χ2v) is 6.24. The number of hydrogen-bond acceptors (Lipinski definition) is 6. The fraction of sp³-hybridized carbons (Fsp3) is 0.278. The molecule has 6 nitrogen and oxygen atoms in total. The molecule has 0 aliphatic rings. The van der Waals surface area contributed by atoms with Crippen LogP contribution in [-0.2, 0) is 4.79 Å². The van der Waals surface area contributed by atoms with E-state index in [-0.39, 0.29) is 11.7 Å². The first kappa shape index (κ1) is 18.6. The van der Waals surface area contributed by atoms with Crippen molar-refractivity contribution >= 4 is 23.4 Å². The van der Waals surface area contributed by atoms with Gasteiger partial charge in [0, 0.05) is 11.8 Å². The van der Waals surface area contributed by atoms with Crippen LogP contribution in [0.15, 0.2) is 29.3 Å². The van der Waals surface area contributed by atoms with Crippen LogP contribution < -0.4 is 14.8 Å². The molecule has 25 heavy (non-hydrogen) atoms. The highest BCUT2D eigenvalue weighted by Crippen LogP contribution is 2.29.